The van der Waals surface area contributed by atoms with Crippen LogP contribution in [0.5, 0.6) is 0 Å². The van der Waals surface area contributed by atoms with Gasteiger partial charge in [0.15, 0.2) is 6.04 Å². The highest BCUT2D eigenvalue weighted by Gasteiger charge is 2.55. The molecule has 0 bridgehead atoms. The number of aromatic nitrogens is 2. The Hall–Kier alpha value is -2.34. The summed E-state index contributed by atoms with van der Waals surface area (Å²) < 4.78 is 0. The highest BCUT2D eigenvalue weighted by atomic mass is 35.5. The molecule has 7 heteroatoms. The second-order valence-electron chi connectivity index (χ2n) is 6.34. The van der Waals surface area contributed by atoms with Gasteiger partial charge in [0.05, 0.1) is 17.4 Å². The Labute approximate surface area is 143 Å². The van der Waals surface area contributed by atoms with Crippen LogP contribution >= 0.6 is 11.6 Å². The molecule has 1 amide bonds. The Bertz CT molecular complexity index is 811. The van der Waals surface area contributed by atoms with Crippen molar-refractivity contribution in [1.82, 2.24) is 14.9 Å². The lowest BCUT2D eigenvalue weighted by Crippen LogP contribution is -2.48. The van der Waals surface area contributed by atoms with E-state index in [2.05, 4.69) is 9.97 Å². The number of hydrogen-bond acceptors (Lipinski definition) is 3. The molecular weight excluding hydrogens is 330 g/mol. The zero-order valence-electron chi connectivity index (χ0n) is 12.8. The Balaban J connectivity index is 1.69. The topological polar surface area (TPSA) is 86.3 Å². The fraction of sp³-hybridized carbons (Fsp3) is 0.353. The van der Waals surface area contributed by atoms with Crippen molar-refractivity contribution < 1.29 is 14.7 Å². The second-order valence-corrected chi connectivity index (χ2v) is 6.78. The summed E-state index contributed by atoms with van der Waals surface area (Å²) in [7, 11) is 0. The van der Waals surface area contributed by atoms with Crippen LogP contribution < -0.4 is 0 Å². The van der Waals surface area contributed by atoms with Gasteiger partial charge in [-0.25, -0.2) is 9.78 Å². The molecule has 1 aromatic carbocycles. The quantitative estimate of drug-likeness (QED) is 0.893. The first kappa shape index (κ1) is 15.2. The number of halogens is 1. The highest BCUT2D eigenvalue weighted by molar-refractivity contribution is 6.30. The summed E-state index contributed by atoms with van der Waals surface area (Å²) in [6, 6.07) is 6.21. The van der Waals surface area contributed by atoms with Crippen LogP contribution in [0.15, 0.2) is 30.6 Å². The Morgan fingerprint density at radius 2 is 2.00 bits per heavy atom. The van der Waals surface area contributed by atoms with E-state index in [0.29, 0.717) is 23.7 Å². The predicted molar refractivity (Wildman–Crippen MR) is 86.7 cm³/mol. The number of hydrogen-bond donors (Lipinski definition) is 2. The third kappa shape index (κ3) is 2.21. The van der Waals surface area contributed by atoms with Crippen LogP contribution in [-0.4, -0.2) is 38.4 Å². The molecular formula is C17H16ClN3O3. The maximum Gasteiger partial charge on any atom is 0.332 e. The zero-order chi connectivity index (χ0) is 16.9. The number of aliphatic carboxylic acids is 1. The molecule has 0 radical (unpaired) electrons. The van der Waals surface area contributed by atoms with E-state index < -0.39 is 17.4 Å². The number of H-pyrrole nitrogens is 1. The molecule has 1 atom stereocenters. The second kappa shape index (κ2) is 5.34. The fourth-order valence-electron chi connectivity index (χ4n) is 3.54. The number of fused-ring (bicyclic) bond motifs is 1. The zero-order valence-corrected chi connectivity index (χ0v) is 13.6. The molecule has 124 valence electrons. The van der Waals surface area contributed by atoms with E-state index in [9.17, 15) is 14.7 Å². The van der Waals surface area contributed by atoms with Gasteiger partial charge in [-0.3, -0.25) is 4.79 Å². The van der Waals surface area contributed by atoms with Crippen LogP contribution in [0.1, 0.15) is 35.8 Å². The minimum Gasteiger partial charge on any atom is -0.479 e. The predicted octanol–water partition coefficient (Wildman–Crippen LogP) is 2.31. The van der Waals surface area contributed by atoms with Gasteiger partial charge in [-0.2, -0.15) is 0 Å². The lowest BCUT2D eigenvalue weighted by atomic mass is 9.92. The van der Waals surface area contributed by atoms with Gasteiger partial charge >= 0.3 is 5.97 Å². The van der Waals surface area contributed by atoms with E-state index in [0.717, 1.165) is 24.1 Å². The first-order valence-electron chi connectivity index (χ1n) is 7.85. The van der Waals surface area contributed by atoms with Gasteiger partial charge in [0, 0.05) is 23.7 Å². The van der Waals surface area contributed by atoms with Crippen molar-refractivity contribution in [2.45, 2.75) is 30.7 Å². The molecule has 6 nitrogen and oxygen atoms in total. The summed E-state index contributed by atoms with van der Waals surface area (Å²) in [6.07, 6.45) is 3.52. The molecule has 1 aromatic heterocycles. The molecule has 2 aromatic rings. The number of carboxylic acid groups (broad SMARTS) is 1. The smallest absolute Gasteiger partial charge is 0.332 e. The van der Waals surface area contributed by atoms with E-state index in [1.54, 1.807) is 12.1 Å². The molecule has 1 aliphatic heterocycles. The average molecular weight is 346 g/mol. The Morgan fingerprint density at radius 3 is 2.62 bits per heavy atom. The van der Waals surface area contributed by atoms with Crippen molar-refractivity contribution in [2.75, 3.05) is 6.54 Å². The van der Waals surface area contributed by atoms with Gasteiger partial charge in [0.25, 0.3) is 0 Å². The summed E-state index contributed by atoms with van der Waals surface area (Å²) in [5.41, 5.74) is 1.51. The minimum atomic E-state index is -1.05. The molecule has 0 unspecified atom stereocenters. The van der Waals surface area contributed by atoms with Crippen LogP contribution in [0.3, 0.4) is 0 Å². The monoisotopic (exact) mass is 345 g/mol. The van der Waals surface area contributed by atoms with E-state index in [4.69, 9.17) is 11.6 Å². The summed E-state index contributed by atoms with van der Waals surface area (Å²) in [5, 5.41) is 10.3. The van der Waals surface area contributed by atoms with Crippen LogP contribution in [0, 0.1) is 0 Å². The third-order valence-corrected chi connectivity index (χ3v) is 5.23. The van der Waals surface area contributed by atoms with Gasteiger partial charge in [0.1, 0.15) is 0 Å². The minimum absolute atomic E-state index is 0.133. The van der Waals surface area contributed by atoms with Gasteiger partial charge in [-0.1, -0.05) is 23.7 Å². The fourth-order valence-corrected chi connectivity index (χ4v) is 3.67. The summed E-state index contributed by atoms with van der Waals surface area (Å²) >= 11 is 5.93. The lowest BCUT2D eigenvalue weighted by Gasteiger charge is -2.35. The SMILES string of the molecule is O=C(O)[C@H]1c2nc[nH]c2CCN1C(=O)C1(c2ccc(Cl)cc2)CC1. The van der Waals surface area contributed by atoms with Crippen molar-refractivity contribution in [1.29, 1.82) is 0 Å². The van der Waals surface area contributed by atoms with Crippen LogP contribution in [0.4, 0.5) is 0 Å². The van der Waals surface area contributed by atoms with Crippen molar-refractivity contribution in [2.24, 2.45) is 0 Å². The molecule has 0 saturated heterocycles. The number of amides is 1. The molecule has 2 N–H and O–H groups in total. The molecule has 0 spiro atoms. The van der Waals surface area contributed by atoms with E-state index in [1.807, 2.05) is 12.1 Å². The molecule has 24 heavy (non-hydrogen) atoms. The number of rotatable bonds is 3. The molecule has 4 rings (SSSR count). The maximum atomic E-state index is 13.2. The van der Waals surface area contributed by atoms with Crippen molar-refractivity contribution >= 4 is 23.5 Å². The number of nitrogens with zero attached hydrogens (tertiary/aromatic N) is 2. The summed E-state index contributed by atoms with van der Waals surface area (Å²) in [4.78, 5) is 33.6. The molecule has 1 fully saturated rings. The highest BCUT2D eigenvalue weighted by Crippen LogP contribution is 2.51. The largest absolute Gasteiger partial charge is 0.479 e. The van der Waals surface area contributed by atoms with E-state index in [1.165, 1.54) is 11.2 Å². The van der Waals surface area contributed by atoms with Gasteiger partial charge in [-0.15, -0.1) is 0 Å². The van der Waals surface area contributed by atoms with Crippen LogP contribution in [0.2, 0.25) is 5.02 Å². The molecule has 1 aliphatic carbocycles. The molecule has 2 aliphatic rings. The van der Waals surface area contributed by atoms with E-state index in [-0.39, 0.29) is 5.91 Å². The number of aromatic amines is 1. The standard InChI is InChI=1S/C17H16ClN3O3/c18-11-3-1-10(2-4-11)17(6-7-17)16(24)21-8-5-12-13(20-9-19-12)14(21)15(22)23/h1-4,9,14H,5-8H2,(H,19,20)(H,22,23)/t14-/m1/s1. The number of carbonyl (C=O) groups is 2. The van der Waals surface area contributed by atoms with Crippen molar-refractivity contribution in [3.63, 3.8) is 0 Å². The van der Waals surface area contributed by atoms with Gasteiger partial charge < -0.3 is 15.0 Å². The average Bonchev–Trinajstić information content (AvgIpc) is 3.24. The Morgan fingerprint density at radius 1 is 1.29 bits per heavy atom. The number of carboxylic acids is 1. The first-order chi connectivity index (χ1) is 11.5. The van der Waals surface area contributed by atoms with Gasteiger partial charge in [-0.05, 0) is 30.5 Å². The molecule has 1 saturated carbocycles. The van der Waals surface area contributed by atoms with Crippen LogP contribution in [-0.2, 0) is 21.4 Å². The Kier molecular flexibility index (Phi) is 3.38. The normalized spacial score (nSPS) is 21.2. The van der Waals surface area contributed by atoms with Gasteiger partial charge in [0.2, 0.25) is 5.91 Å². The van der Waals surface area contributed by atoms with Crippen molar-refractivity contribution in [3.05, 3.63) is 52.6 Å². The maximum absolute atomic E-state index is 13.2. The summed E-state index contributed by atoms with van der Waals surface area (Å²) in [6.45, 7) is 0.375. The van der Waals surface area contributed by atoms with Crippen molar-refractivity contribution in [3.8, 4) is 0 Å². The first-order valence-corrected chi connectivity index (χ1v) is 8.23. The lowest BCUT2D eigenvalue weighted by molar-refractivity contribution is -0.152. The van der Waals surface area contributed by atoms with E-state index >= 15 is 0 Å². The third-order valence-electron chi connectivity index (χ3n) is 4.98. The molecule has 2 heterocycles. The number of nitrogens with one attached hydrogen (secondary N) is 1. The summed E-state index contributed by atoms with van der Waals surface area (Å²) in [5.74, 6) is -1.19. The number of carbonyl (C=O) groups excluding carboxylic acids is 1. The van der Waals surface area contributed by atoms with Crippen LogP contribution in [0.25, 0.3) is 0 Å². The number of benzene rings is 1. The number of imidazole rings is 1.